The number of anilines is 1. The Hall–Kier alpha value is -2.16. The summed E-state index contributed by atoms with van der Waals surface area (Å²) in [6.07, 6.45) is 0.241. The Bertz CT molecular complexity index is 1000. The summed E-state index contributed by atoms with van der Waals surface area (Å²) >= 11 is 4.88. The third-order valence-electron chi connectivity index (χ3n) is 3.73. The molecule has 1 amide bonds. The van der Waals surface area contributed by atoms with Gasteiger partial charge in [0.05, 0.1) is 17.9 Å². The van der Waals surface area contributed by atoms with E-state index in [1.165, 1.54) is 12.1 Å². The highest BCUT2D eigenvalue weighted by Crippen LogP contribution is 2.19. The maximum atomic E-state index is 12.4. The van der Waals surface area contributed by atoms with Crippen LogP contribution in [0.3, 0.4) is 0 Å². The Labute approximate surface area is 170 Å². The molecule has 0 aliphatic rings. The van der Waals surface area contributed by atoms with Gasteiger partial charge in [0.15, 0.2) is 0 Å². The van der Waals surface area contributed by atoms with Gasteiger partial charge in [-0.15, -0.1) is 11.3 Å². The molecule has 27 heavy (non-hydrogen) atoms. The molecule has 2 N–H and O–H groups in total. The third-order valence-corrected chi connectivity index (χ3v) is 6.54. The fourth-order valence-electron chi connectivity index (χ4n) is 2.37. The van der Waals surface area contributed by atoms with E-state index >= 15 is 0 Å². The van der Waals surface area contributed by atoms with E-state index in [9.17, 15) is 13.2 Å². The molecule has 0 aliphatic heterocycles. The molecular weight excluding hydrogens is 448 g/mol. The van der Waals surface area contributed by atoms with Gasteiger partial charge in [0.25, 0.3) is 10.0 Å². The van der Waals surface area contributed by atoms with E-state index in [-0.39, 0.29) is 17.2 Å². The molecule has 0 atom stereocenters. The van der Waals surface area contributed by atoms with Crippen molar-refractivity contribution in [3.8, 4) is 0 Å². The van der Waals surface area contributed by atoms with Gasteiger partial charge in [-0.25, -0.2) is 8.42 Å². The van der Waals surface area contributed by atoms with Gasteiger partial charge in [0.2, 0.25) is 5.91 Å². The number of halogens is 1. The normalized spacial score (nSPS) is 11.1. The zero-order valence-corrected chi connectivity index (χ0v) is 17.4. The molecule has 0 bridgehead atoms. The van der Waals surface area contributed by atoms with Crippen molar-refractivity contribution in [1.82, 2.24) is 5.32 Å². The molecule has 1 aromatic heterocycles. The summed E-state index contributed by atoms with van der Waals surface area (Å²) in [7, 11) is -3.65. The van der Waals surface area contributed by atoms with Crippen molar-refractivity contribution in [3.63, 3.8) is 0 Å². The smallest absolute Gasteiger partial charge is 0.261 e. The molecule has 8 heteroatoms. The van der Waals surface area contributed by atoms with Crippen molar-refractivity contribution in [3.05, 3.63) is 81.0 Å². The number of nitrogens with one attached hydrogen (secondary N) is 2. The number of rotatable bonds is 7. The second-order valence-corrected chi connectivity index (χ2v) is 9.42. The number of benzene rings is 2. The van der Waals surface area contributed by atoms with Crippen molar-refractivity contribution in [2.24, 2.45) is 0 Å². The Morgan fingerprint density at radius 2 is 1.70 bits per heavy atom. The molecule has 3 rings (SSSR count). The SMILES string of the molecule is O=C(Cc1ccc(NS(=O)(=O)c2ccc(Br)cc2)cc1)NCc1cccs1. The van der Waals surface area contributed by atoms with Gasteiger partial charge >= 0.3 is 0 Å². The summed E-state index contributed by atoms with van der Waals surface area (Å²) in [5.74, 6) is -0.0772. The Balaban J connectivity index is 1.58. The lowest BCUT2D eigenvalue weighted by Crippen LogP contribution is -2.24. The molecule has 1 heterocycles. The maximum absolute atomic E-state index is 12.4. The number of hydrogen-bond donors (Lipinski definition) is 2. The minimum atomic E-state index is -3.65. The van der Waals surface area contributed by atoms with Crippen LogP contribution in [-0.2, 0) is 27.8 Å². The highest BCUT2D eigenvalue weighted by Gasteiger charge is 2.14. The Morgan fingerprint density at radius 1 is 1.00 bits per heavy atom. The average molecular weight is 465 g/mol. The van der Waals surface area contributed by atoms with Gasteiger partial charge in [-0.05, 0) is 53.4 Å². The van der Waals surface area contributed by atoms with E-state index in [4.69, 9.17) is 0 Å². The molecule has 2 aromatic carbocycles. The van der Waals surface area contributed by atoms with Crippen LogP contribution < -0.4 is 10.0 Å². The Morgan fingerprint density at radius 3 is 2.33 bits per heavy atom. The number of sulfonamides is 1. The van der Waals surface area contributed by atoms with Crippen LogP contribution in [0.25, 0.3) is 0 Å². The van der Waals surface area contributed by atoms with Gasteiger partial charge in [-0.1, -0.05) is 34.1 Å². The van der Waals surface area contributed by atoms with Crippen LogP contribution in [0.2, 0.25) is 0 Å². The predicted octanol–water partition coefficient (Wildman–Crippen LogP) is 4.17. The molecule has 0 saturated heterocycles. The van der Waals surface area contributed by atoms with Crippen LogP contribution in [0.1, 0.15) is 10.4 Å². The number of carbonyl (C=O) groups is 1. The standard InChI is InChI=1S/C19H17BrN2O3S2/c20-15-5-9-18(10-6-15)27(24,25)22-16-7-3-14(4-8-16)12-19(23)21-13-17-2-1-11-26-17/h1-11,22H,12-13H2,(H,21,23). The average Bonchev–Trinajstić information content (AvgIpc) is 3.15. The lowest BCUT2D eigenvalue weighted by molar-refractivity contribution is -0.120. The Kier molecular flexibility index (Phi) is 6.30. The molecule has 0 fully saturated rings. The number of carbonyl (C=O) groups excluding carboxylic acids is 1. The molecule has 3 aromatic rings. The van der Waals surface area contributed by atoms with E-state index in [1.807, 2.05) is 17.5 Å². The van der Waals surface area contributed by atoms with Crippen LogP contribution in [0.5, 0.6) is 0 Å². The summed E-state index contributed by atoms with van der Waals surface area (Å²) in [5, 5.41) is 4.84. The minimum Gasteiger partial charge on any atom is -0.351 e. The molecule has 0 aliphatic carbocycles. The van der Waals surface area contributed by atoms with E-state index in [0.717, 1.165) is 14.9 Å². The summed E-state index contributed by atoms with van der Waals surface area (Å²) in [5.41, 5.74) is 1.26. The quantitative estimate of drug-likeness (QED) is 0.550. The lowest BCUT2D eigenvalue weighted by Gasteiger charge is -2.09. The monoisotopic (exact) mass is 464 g/mol. The minimum absolute atomic E-state index is 0.0772. The highest BCUT2D eigenvalue weighted by molar-refractivity contribution is 9.10. The van der Waals surface area contributed by atoms with Gasteiger partial charge < -0.3 is 5.32 Å². The highest BCUT2D eigenvalue weighted by atomic mass is 79.9. The van der Waals surface area contributed by atoms with Gasteiger partial charge in [0.1, 0.15) is 0 Å². The van der Waals surface area contributed by atoms with Gasteiger partial charge in [0, 0.05) is 15.0 Å². The van der Waals surface area contributed by atoms with E-state index in [2.05, 4.69) is 26.0 Å². The molecule has 0 saturated carbocycles. The first-order valence-electron chi connectivity index (χ1n) is 8.09. The first-order valence-corrected chi connectivity index (χ1v) is 11.2. The van der Waals surface area contributed by atoms with Crippen LogP contribution in [0.15, 0.2) is 75.4 Å². The summed E-state index contributed by atoms with van der Waals surface area (Å²) in [6, 6.07) is 17.1. The van der Waals surface area contributed by atoms with Crippen molar-refractivity contribution < 1.29 is 13.2 Å². The van der Waals surface area contributed by atoms with E-state index < -0.39 is 10.0 Å². The molecule has 0 unspecified atom stereocenters. The number of thiophene rings is 1. The first-order chi connectivity index (χ1) is 12.9. The zero-order chi connectivity index (χ0) is 19.3. The third kappa shape index (κ3) is 5.66. The number of hydrogen-bond acceptors (Lipinski definition) is 4. The van der Waals surface area contributed by atoms with Gasteiger partial charge in [-0.3, -0.25) is 9.52 Å². The van der Waals surface area contributed by atoms with Crippen molar-refractivity contribution in [2.75, 3.05) is 4.72 Å². The second kappa shape index (κ2) is 8.69. The van der Waals surface area contributed by atoms with Crippen LogP contribution in [0.4, 0.5) is 5.69 Å². The maximum Gasteiger partial charge on any atom is 0.261 e. The second-order valence-electron chi connectivity index (χ2n) is 5.79. The predicted molar refractivity (Wildman–Crippen MR) is 111 cm³/mol. The molecule has 140 valence electrons. The van der Waals surface area contributed by atoms with Crippen molar-refractivity contribution >= 4 is 48.9 Å². The van der Waals surface area contributed by atoms with E-state index in [0.29, 0.717) is 12.2 Å². The van der Waals surface area contributed by atoms with Crippen molar-refractivity contribution in [2.45, 2.75) is 17.9 Å². The van der Waals surface area contributed by atoms with E-state index in [1.54, 1.807) is 47.7 Å². The molecule has 5 nitrogen and oxygen atoms in total. The molecule has 0 radical (unpaired) electrons. The van der Waals surface area contributed by atoms with Crippen LogP contribution in [-0.4, -0.2) is 14.3 Å². The summed E-state index contributed by atoms with van der Waals surface area (Å²) in [4.78, 5) is 13.3. The molecule has 0 spiro atoms. The molecular formula is C19H17BrN2O3S2. The summed E-state index contributed by atoms with van der Waals surface area (Å²) in [6.45, 7) is 0.515. The van der Waals surface area contributed by atoms with Gasteiger partial charge in [-0.2, -0.15) is 0 Å². The largest absolute Gasteiger partial charge is 0.351 e. The summed E-state index contributed by atoms with van der Waals surface area (Å²) < 4.78 is 28.1. The topological polar surface area (TPSA) is 75.3 Å². The van der Waals surface area contributed by atoms with Crippen LogP contribution in [0, 0.1) is 0 Å². The van der Waals surface area contributed by atoms with Crippen LogP contribution >= 0.6 is 27.3 Å². The lowest BCUT2D eigenvalue weighted by atomic mass is 10.1. The van der Waals surface area contributed by atoms with Crippen molar-refractivity contribution in [1.29, 1.82) is 0 Å². The fourth-order valence-corrected chi connectivity index (χ4v) is 4.33. The number of amides is 1. The fraction of sp³-hybridized carbons (Fsp3) is 0.105. The first kappa shape index (κ1) is 19.6. The zero-order valence-electron chi connectivity index (χ0n) is 14.2.